The van der Waals surface area contributed by atoms with E-state index in [0.717, 1.165) is 26.6 Å². The van der Waals surface area contributed by atoms with E-state index in [1.807, 2.05) is 36.0 Å². The topological polar surface area (TPSA) is 23.6 Å². The van der Waals surface area contributed by atoms with Crippen molar-refractivity contribution in [3.05, 3.63) is 370 Å². The van der Waals surface area contributed by atoms with Gasteiger partial charge in [0, 0.05) is 41.8 Å². The van der Waals surface area contributed by atoms with Crippen LogP contribution < -0.4 is 9.80 Å². The summed E-state index contributed by atoms with van der Waals surface area (Å²) in [5.74, 6) is 0. The number of anilines is 6. The zero-order valence-corrected chi connectivity index (χ0v) is 49.6. The highest BCUT2D eigenvalue weighted by atomic mass is 32.2. The van der Waals surface area contributed by atoms with Crippen molar-refractivity contribution < 1.29 is 4.21 Å². The lowest BCUT2D eigenvalue weighted by atomic mass is 9.63. The Morgan fingerprint density at radius 2 is 0.588 bits per heavy atom. The van der Waals surface area contributed by atoms with Crippen molar-refractivity contribution >= 4 is 56.7 Å². The molecule has 0 atom stereocenters. The molecule has 3 nitrogen and oxygen atoms in total. The molecule has 0 aromatic heterocycles. The van der Waals surface area contributed by atoms with Crippen LogP contribution in [0.4, 0.5) is 34.1 Å². The third-order valence-electron chi connectivity index (χ3n) is 18.6. The minimum atomic E-state index is -1.27. The number of fused-ring (bicyclic) bond motifs is 8. The Hall–Kier alpha value is -9.26. The van der Waals surface area contributed by atoms with Gasteiger partial charge in [-0.25, -0.2) is 4.21 Å². The van der Waals surface area contributed by atoms with Crippen LogP contribution in [0.3, 0.4) is 0 Å². The number of hydrogen-bond acceptors (Lipinski definition) is 4. The van der Waals surface area contributed by atoms with E-state index in [2.05, 4.69) is 317 Å². The molecule has 0 fully saturated rings. The highest BCUT2D eigenvalue weighted by Crippen LogP contribution is 2.60. The summed E-state index contributed by atoms with van der Waals surface area (Å²) >= 11 is 1.88. The van der Waals surface area contributed by atoms with E-state index in [1.165, 1.54) is 93.9 Å². The van der Waals surface area contributed by atoms with E-state index in [1.54, 1.807) is 0 Å². The van der Waals surface area contributed by atoms with Gasteiger partial charge in [-0.3, -0.25) is 0 Å². The van der Waals surface area contributed by atoms with E-state index < -0.39 is 21.6 Å². The van der Waals surface area contributed by atoms with E-state index in [0.29, 0.717) is 0 Å². The fourth-order valence-electron chi connectivity index (χ4n) is 14.7. The molecule has 410 valence electrons. The SMILES string of the molecule is CC1(C)c2ccccc2N(c2ccccc2)c2ccc(C3(c4ccccc4)c4ccccc4S(=O)c4ccccc43)cc21.CC1(C)c2ccccc2N(c2ccccc2)c2ccc(C3(c4ccccc4)c4ccccc4Sc4ccccc43)cc21. The summed E-state index contributed by atoms with van der Waals surface area (Å²) in [5, 5.41) is 0. The predicted molar refractivity (Wildman–Crippen MR) is 352 cm³/mol. The Morgan fingerprint density at radius 3 is 1.00 bits per heavy atom. The molecular weight excluding hydrogens is 1070 g/mol. The quantitative estimate of drug-likeness (QED) is 0.166. The van der Waals surface area contributed by atoms with Gasteiger partial charge in [-0.15, -0.1) is 0 Å². The molecule has 5 heteroatoms. The van der Waals surface area contributed by atoms with Crippen LogP contribution in [0.25, 0.3) is 0 Å². The van der Waals surface area contributed by atoms with Gasteiger partial charge in [0.2, 0.25) is 0 Å². The Kier molecular flexibility index (Phi) is 12.7. The molecule has 85 heavy (non-hydrogen) atoms. The van der Waals surface area contributed by atoms with Crippen LogP contribution >= 0.6 is 11.8 Å². The van der Waals surface area contributed by atoms with Crippen LogP contribution in [-0.4, -0.2) is 4.21 Å². The van der Waals surface area contributed by atoms with E-state index >= 15 is 0 Å². The number of benzene rings is 12. The Balaban J connectivity index is 0.000000144. The summed E-state index contributed by atoms with van der Waals surface area (Å²) < 4.78 is 14.0. The van der Waals surface area contributed by atoms with Crippen LogP contribution in [0.1, 0.15) is 94.5 Å². The first-order chi connectivity index (χ1) is 41.6. The van der Waals surface area contributed by atoms with Crippen molar-refractivity contribution in [2.24, 2.45) is 0 Å². The van der Waals surface area contributed by atoms with Gasteiger partial charge in [-0.05, 0) is 140 Å². The van der Waals surface area contributed by atoms with Gasteiger partial charge in [-0.1, -0.05) is 270 Å². The van der Waals surface area contributed by atoms with Crippen molar-refractivity contribution in [2.45, 2.75) is 68.9 Å². The van der Waals surface area contributed by atoms with Gasteiger partial charge < -0.3 is 9.80 Å². The summed E-state index contributed by atoms with van der Waals surface area (Å²) in [7, 11) is -1.27. The standard InChI is InChI=1S/C40H31NOS.C40H31NS/c1-39(2)31-19-9-12-22-35(31)41(30-17-7-4-8-18-30)36-26-25-29(27-34(36)39)40(28-15-5-3-6-16-28)32-20-10-13-23-37(32)43(42)38-24-14-11-21-33(38)40;1-39(2)31-19-9-12-22-35(31)41(30-17-7-4-8-18-30)36-26-25-29(27-34(36)39)40(28-15-5-3-6-16-28)32-20-10-13-23-37(32)42-38-24-14-11-21-33(38)40/h3-27H,1-2H3;3-27H,1-2H3. The molecule has 4 aliphatic rings. The fourth-order valence-corrected chi connectivity index (χ4v) is 17.3. The fraction of sp³-hybridized carbons (Fsp3) is 0.100. The molecule has 4 heterocycles. The van der Waals surface area contributed by atoms with Crippen LogP contribution in [-0.2, 0) is 32.5 Å². The molecule has 0 radical (unpaired) electrons. The summed E-state index contributed by atoms with van der Waals surface area (Å²) in [6, 6.07) is 110. The molecule has 0 bridgehead atoms. The normalized spacial score (nSPS) is 17.6. The van der Waals surface area contributed by atoms with Crippen LogP contribution in [0, 0.1) is 0 Å². The first-order valence-corrected chi connectivity index (χ1v) is 31.4. The summed E-state index contributed by atoms with van der Waals surface area (Å²) in [4.78, 5) is 9.21. The van der Waals surface area contributed by atoms with Crippen molar-refractivity contribution in [2.75, 3.05) is 9.80 Å². The van der Waals surface area contributed by atoms with E-state index in [-0.39, 0.29) is 10.8 Å². The van der Waals surface area contributed by atoms with Gasteiger partial charge >= 0.3 is 0 Å². The van der Waals surface area contributed by atoms with Gasteiger partial charge in [0.05, 0.1) is 44.4 Å². The third-order valence-corrected chi connectivity index (χ3v) is 21.2. The van der Waals surface area contributed by atoms with Crippen molar-refractivity contribution in [1.82, 2.24) is 0 Å². The van der Waals surface area contributed by atoms with Gasteiger partial charge in [0.25, 0.3) is 0 Å². The second kappa shape index (κ2) is 20.5. The number of hydrogen-bond donors (Lipinski definition) is 0. The summed E-state index contributed by atoms with van der Waals surface area (Å²) in [5.41, 5.74) is 20.7. The Morgan fingerprint density at radius 1 is 0.282 bits per heavy atom. The van der Waals surface area contributed by atoms with Crippen molar-refractivity contribution in [3.8, 4) is 0 Å². The highest BCUT2D eigenvalue weighted by Gasteiger charge is 2.49. The molecule has 0 aliphatic carbocycles. The molecule has 12 aromatic carbocycles. The van der Waals surface area contributed by atoms with Crippen LogP contribution in [0.2, 0.25) is 0 Å². The molecule has 16 rings (SSSR count). The summed E-state index contributed by atoms with van der Waals surface area (Å²) in [6.07, 6.45) is 0. The number of rotatable bonds is 6. The van der Waals surface area contributed by atoms with Gasteiger partial charge in [0.15, 0.2) is 0 Å². The van der Waals surface area contributed by atoms with Gasteiger partial charge in [0.1, 0.15) is 0 Å². The first-order valence-electron chi connectivity index (χ1n) is 29.4. The second-order valence-corrected chi connectivity index (χ2v) is 26.2. The maximum atomic E-state index is 14.0. The first kappa shape index (κ1) is 52.5. The zero-order chi connectivity index (χ0) is 57.5. The summed E-state index contributed by atoms with van der Waals surface area (Å²) in [6.45, 7) is 9.43. The molecule has 0 amide bonds. The molecule has 4 aliphatic heterocycles. The predicted octanol–water partition coefficient (Wildman–Crippen LogP) is 20.3. The molecule has 0 saturated carbocycles. The molecule has 0 spiro atoms. The monoisotopic (exact) mass is 1130 g/mol. The van der Waals surface area contributed by atoms with Crippen LogP contribution in [0.5, 0.6) is 0 Å². The van der Waals surface area contributed by atoms with Gasteiger partial charge in [-0.2, -0.15) is 0 Å². The number of nitrogens with zero attached hydrogens (tertiary/aromatic N) is 2. The lowest BCUT2D eigenvalue weighted by molar-refractivity contribution is 0.622. The highest BCUT2D eigenvalue weighted by molar-refractivity contribution is 7.99. The molecule has 0 N–H and O–H groups in total. The molecule has 0 unspecified atom stereocenters. The lowest BCUT2D eigenvalue weighted by Crippen LogP contribution is -2.37. The van der Waals surface area contributed by atoms with E-state index in [4.69, 9.17) is 0 Å². The third kappa shape index (κ3) is 7.97. The van der Waals surface area contributed by atoms with Crippen LogP contribution in [0.15, 0.2) is 323 Å². The maximum Gasteiger partial charge on any atom is 0.0856 e. The minimum absolute atomic E-state index is 0.187. The molecular formula is C80H62N2OS2. The molecule has 12 aromatic rings. The zero-order valence-electron chi connectivity index (χ0n) is 48.0. The second-order valence-electron chi connectivity index (χ2n) is 23.7. The smallest absolute Gasteiger partial charge is 0.0856 e. The maximum absolute atomic E-state index is 14.0. The Bertz CT molecular complexity index is 4460. The average Bonchev–Trinajstić information content (AvgIpc) is 0.775. The molecule has 0 saturated heterocycles. The van der Waals surface area contributed by atoms with Crippen molar-refractivity contribution in [3.63, 3.8) is 0 Å². The van der Waals surface area contributed by atoms with Crippen molar-refractivity contribution in [1.29, 1.82) is 0 Å². The number of para-hydroxylation sites is 4. The minimum Gasteiger partial charge on any atom is -0.310 e. The van der Waals surface area contributed by atoms with E-state index in [9.17, 15) is 4.21 Å². The Labute approximate surface area is 506 Å². The largest absolute Gasteiger partial charge is 0.310 e. The average molecular weight is 1130 g/mol. The lowest BCUT2D eigenvalue weighted by Gasteiger charge is -2.45.